The van der Waals surface area contributed by atoms with Crippen molar-refractivity contribution in [1.29, 1.82) is 0 Å². The zero-order chi connectivity index (χ0) is 15.4. The fourth-order valence-electron chi connectivity index (χ4n) is 2.29. The van der Waals surface area contributed by atoms with Crippen molar-refractivity contribution in [3.63, 3.8) is 0 Å². The average Bonchev–Trinajstić information content (AvgIpc) is 2.81. The van der Waals surface area contributed by atoms with Crippen LogP contribution in [0.1, 0.15) is 11.8 Å². The van der Waals surface area contributed by atoms with Crippen LogP contribution in [-0.2, 0) is 11.3 Å². The molecular weight excluding hydrogens is 308 g/mol. The van der Waals surface area contributed by atoms with Gasteiger partial charge in [-0.2, -0.15) is 0 Å². The van der Waals surface area contributed by atoms with Gasteiger partial charge in [0.15, 0.2) is 5.13 Å². The lowest BCUT2D eigenvalue weighted by Crippen LogP contribution is -2.44. The highest BCUT2D eigenvalue weighted by atomic mass is 35.5. The van der Waals surface area contributed by atoms with Gasteiger partial charge in [0, 0.05) is 46.3 Å². The number of morpholine rings is 1. The van der Waals surface area contributed by atoms with Gasteiger partial charge in [-0.05, 0) is 14.0 Å². The van der Waals surface area contributed by atoms with E-state index in [9.17, 15) is 0 Å². The Bertz CT molecular complexity index is 448. The van der Waals surface area contributed by atoms with Crippen LogP contribution in [0.3, 0.4) is 0 Å². The number of anilines is 1. The predicted molar refractivity (Wildman–Crippen MR) is 89.6 cm³/mol. The van der Waals surface area contributed by atoms with E-state index in [4.69, 9.17) is 16.3 Å². The summed E-state index contributed by atoms with van der Waals surface area (Å²) in [5.74, 6) is 0. The van der Waals surface area contributed by atoms with Crippen molar-refractivity contribution >= 4 is 28.1 Å². The second-order valence-corrected chi connectivity index (χ2v) is 7.20. The summed E-state index contributed by atoms with van der Waals surface area (Å²) >= 11 is 7.92. The Kier molecular flexibility index (Phi) is 6.25. The van der Waals surface area contributed by atoms with Gasteiger partial charge in [0.25, 0.3) is 0 Å². The fourth-order valence-corrected chi connectivity index (χ4v) is 3.53. The fraction of sp³-hybridized carbons (Fsp3) is 0.786. The maximum atomic E-state index is 6.25. The number of thiazole rings is 1. The summed E-state index contributed by atoms with van der Waals surface area (Å²) in [6, 6.07) is 0.476. The zero-order valence-electron chi connectivity index (χ0n) is 13.3. The Labute approximate surface area is 136 Å². The van der Waals surface area contributed by atoms with Crippen molar-refractivity contribution in [2.75, 3.05) is 58.9 Å². The molecular formula is C14H25ClN4OS. The van der Waals surface area contributed by atoms with E-state index >= 15 is 0 Å². The Morgan fingerprint density at radius 3 is 2.57 bits per heavy atom. The topological polar surface area (TPSA) is 31.8 Å². The molecule has 120 valence electrons. The highest BCUT2D eigenvalue weighted by Gasteiger charge is 2.19. The van der Waals surface area contributed by atoms with E-state index in [0.717, 1.165) is 49.4 Å². The van der Waals surface area contributed by atoms with Crippen LogP contribution >= 0.6 is 22.9 Å². The summed E-state index contributed by atoms with van der Waals surface area (Å²) < 4.78 is 5.39. The molecule has 7 heteroatoms. The number of halogens is 1. The summed E-state index contributed by atoms with van der Waals surface area (Å²) in [7, 11) is 6.13. The third-order valence-corrected chi connectivity index (χ3v) is 5.43. The molecule has 2 heterocycles. The Morgan fingerprint density at radius 2 is 2.00 bits per heavy atom. The van der Waals surface area contributed by atoms with Gasteiger partial charge < -0.3 is 9.64 Å². The first-order chi connectivity index (χ1) is 9.97. The van der Waals surface area contributed by atoms with E-state index in [-0.39, 0.29) is 0 Å². The Hall–Kier alpha value is -0.400. The smallest absolute Gasteiger partial charge is 0.186 e. The van der Waals surface area contributed by atoms with Crippen LogP contribution in [0.4, 0.5) is 5.13 Å². The summed E-state index contributed by atoms with van der Waals surface area (Å²) in [6.45, 7) is 7.94. The summed E-state index contributed by atoms with van der Waals surface area (Å²) in [5, 5.41) is 1.60. The van der Waals surface area contributed by atoms with Gasteiger partial charge in [-0.25, -0.2) is 4.98 Å². The van der Waals surface area contributed by atoms with Gasteiger partial charge in [0.1, 0.15) is 5.15 Å². The summed E-state index contributed by atoms with van der Waals surface area (Å²) in [6.07, 6.45) is 0. The maximum Gasteiger partial charge on any atom is 0.186 e. The van der Waals surface area contributed by atoms with Crippen molar-refractivity contribution in [1.82, 2.24) is 14.8 Å². The van der Waals surface area contributed by atoms with E-state index in [1.165, 1.54) is 0 Å². The molecule has 1 saturated heterocycles. The molecule has 5 nitrogen and oxygen atoms in total. The van der Waals surface area contributed by atoms with Crippen molar-refractivity contribution in [2.24, 2.45) is 0 Å². The number of rotatable bonds is 6. The minimum absolute atomic E-state index is 0.476. The molecule has 0 aromatic carbocycles. The normalized spacial score (nSPS) is 18.2. The van der Waals surface area contributed by atoms with Crippen LogP contribution in [0.2, 0.25) is 5.15 Å². The van der Waals surface area contributed by atoms with Gasteiger partial charge in [0.2, 0.25) is 0 Å². The molecule has 0 aliphatic carbocycles. The van der Waals surface area contributed by atoms with Crippen LogP contribution < -0.4 is 4.90 Å². The number of hydrogen-bond acceptors (Lipinski definition) is 6. The summed E-state index contributed by atoms with van der Waals surface area (Å²) in [4.78, 5) is 12.3. The molecule has 0 spiro atoms. The van der Waals surface area contributed by atoms with E-state index < -0.39 is 0 Å². The number of hydrogen-bond donors (Lipinski definition) is 0. The van der Waals surface area contributed by atoms with E-state index in [0.29, 0.717) is 11.2 Å². The lowest BCUT2D eigenvalue weighted by molar-refractivity contribution is 0.0263. The van der Waals surface area contributed by atoms with Gasteiger partial charge in [0.05, 0.1) is 18.1 Å². The highest BCUT2D eigenvalue weighted by molar-refractivity contribution is 7.16. The number of nitrogens with zero attached hydrogens (tertiary/aromatic N) is 4. The van der Waals surface area contributed by atoms with Crippen LogP contribution in [0.15, 0.2) is 0 Å². The lowest BCUT2D eigenvalue weighted by Gasteiger charge is -2.32. The van der Waals surface area contributed by atoms with Crippen LogP contribution in [0.25, 0.3) is 0 Å². The first kappa shape index (κ1) is 17.0. The molecule has 0 bridgehead atoms. The van der Waals surface area contributed by atoms with Gasteiger partial charge in [-0.1, -0.05) is 22.9 Å². The third kappa shape index (κ3) is 4.79. The molecule has 2 rings (SSSR count). The molecule has 1 unspecified atom stereocenters. The Morgan fingerprint density at radius 1 is 1.33 bits per heavy atom. The monoisotopic (exact) mass is 332 g/mol. The first-order valence-electron chi connectivity index (χ1n) is 7.30. The number of aromatic nitrogens is 1. The quantitative estimate of drug-likeness (QED) is 0.795. The zero-order valence-corrected chi connectivity index (χ0v) is 14.9. The molecule has 1 atom stereocenters. The largest absolute Gasteiger partial charge is 0.379 e. The van der Waals surface area contributed by atoms with Gasteiger partial charge >= 0.3 is 0 Å². The molecule has 1 fully saturated rings. The minimum atomic E-state index is 0.476. The molecule has 1 aromatic rings. The van der Waals surface area contributed by atoms with Crippen LogP contribution in [-0.4, -0.2) is 74.8 Å². The Balaban J connectivity index is 1.89. The summed E-state index contributed by atoms with van der Waals surface area (Å²) in [5.41, 5.74) is 0. The molecule has 1 aromatic heterocycles. The molecule has 0 radical (unpaired) electrons. The van der Waals surface area contributed by atoms with Crippen molar-refractivity contribution in [3.8, 4) is 0 Å². The molecule has 1 aliphatic rings. The number of likely N-dealkylation sites (N-methyl/N-ethyl adjacent to an activating group) is 1. The SMILES string of the molecule is CC(CN1CCOCC1)N(C)Cc1sc(N(C)C)nc1Cl. The third-order valence-electron chi connectivity index (χ3n) is 3.79. The van der Waals surface area contributed by atoms with Gasteiger partial charge in [-0.3, -0.25) is 9.80 Å². The number of ether oxygens (including phenoxy) is 1. The molecule has 0 saturated carbocycles. The second-order valence-electron chi connectivity index (χ2n) is 5.78. The van der Waals surface area contributed by atoms with Crippen molar-refractivity contribution < 1.29 is 4.74 Å². The van der Waals surface area contributed by atoms with E-state index in [1.54, 1.807) is 11.3 Å². The standard InChI is InChI=1S/C14H25ClN4OS/c1-11(9-19-5-7-20-8-6-19)18(4)10-12-13(15)16-14(21-12)17(2)3/h11H,5-10H2,1-4H3. The lowest BCUT2D eigenvalue weighted by atomic mass is 10.2. The van der Waals surface area contributed by atoms with Crippen LogP contribution in [0, 0.1) is 0 Å². The minimum Gasteiger partial charge on any atom is -0.379 e. The average molecular weight is 333 g/mol. The van der Waals surface area contributed by atoms with Crippen molar-refractivity contribution in [2.45, 2.75) is 19.5 Å². The molecule has 0 N–H and O–H groups in total. The van der Waals surface area contributed by atoms with E-state index in [2.05, 4.69) is 28.8 Å². The van der Waals surface area contributed by atoms with Crippen molar-refractivity contribution in [3.05, 3.63) is 10.0 Å². The second kappa shape index (κ2) is 7.74. The van der Waals surface area contributed by atoms with Crippen LogP contribution in [0.5, 0.6) is 0 Å². The van der Waals surface area contributed by atoms with Gasteiger partial charge in [-0.15, -0.1) is 0 Å². The van der Waals surface area contributed by atoms with E-state index in [1.807, 2.05) is 19.0 Å². The first-order valence-corrected chi connectivity index (χ1v) is 8.49. The molecule has 1 aliphatic heterocycles. The maximum absolute atomic E-state index is 6.25. The molecule has 0 amide bonds. The highest BCUT2D eigenvalue weighted by Crippen LogP contribution is 2.29. The molecule has 21 heavy (non-hydrogen) atoms. The predicted octanol–water partition coefficient (Wildman–Crippen LogP) is 2.01.